The lowest BCUT2D eigenvalue weighted by Gasteiger charge is -2.22. The van der Waals surface area contributed by atoms with Gasteiger partial charge in [-0.25, -0.2) is 0 Å². The molecule has 1 aromatic rings. The minimum atomic E-state index is 0.143. The molecule has 1 aromatic carbocycles. The fraction of sp³-hybridized carbons (Fsp3) is 0.462. The number of nitrogens with zero attached hydrogens (tertiary/aromatic N) is 1. The molecule has 1 aliphatic carbocycles. The molecule has 0 unspecified atom stereocenters. The third-order valence-corrected chi connectivity index (χ3v) is 4.80. The van der Waals surface area contributed by atoms with Crippen LogP contribution in [0.25, 0.3) is 0 Å². The summed E-state index contributed by atoms with van der Waals surface area (Å²) in [6.07, 6.45) is 6.37. The molecule has 0 radical (unpaired) electrons. The molecule has 1 fully saturated rings. The minimum absolute atomic E-state index is 0.143. The number of rotatable bonds is 3. The average molecular weight is 285 g/mol. The highest BCUT2D eigenvalue weighted by Crippen LogP contribution is 2.36. The van der Waals surface area contributed by atoms with E-state index in [2.05, 4.69) is 5.16 Å². The molecule has 0 atom stereocenters. The van der Waals surface area contributed by atoms with Gasteiger partial charge < -0.3 is 10.9 Å². The van der Waals surface area contributed by atoms with Crippen LogP contribution in [0.15, 0.2) is 28.3 Å². The van der Waals surface area contributed by atoms with Gasteiger partial charge in [0.05, 0.1) is 0 Å². The second-order valence-corrected chi connectivity index (χ2v) is 6.28. The van der Waals surface area contributed by atoms with Crippen molar-refractivity contribution >= 4 is 29.2 Å². The van der Waals surface area contributed by atoms with Crippen LogP contribution in [0, 0.1) is 0 Å². The van der Waals surface area contributed by atoms with E-state index in [4.69, 9.17) is 22.5 Å². The molecule has 0 heterocycles. The first-order chi connectivity index (χ1) is 8.70. The summed E-state index contributed by atoms with van der Waals surface area (Å²) in [6.45, 7) is 0. The summed E-state index contributed by atoms with van der Waals surface area (Å²) in [6, 6.07) is 5.47. The summed E-state index contributed by atoms with van der Waals surface area (Å²) in [5, 5.41) is 13.2. The molecule has 2 rings (SSSR count). The van der Waals surface area contributed by atoms with Gasteiger partial charge in [-0.3, -0.25) is 0 Å². The van der Waals surface area contributed by atoms with Crippen LogP contribution in [0.5, 0.6) is 0 Å². The Morgan fingerprint density at radius 1 is 1.33 bits per heavy atom. The van der Waals surface area contributed by atoms with E-state index in [1.165, 1.54) is 32.1 Å². The maximum absolute atomic E-state index is 8.81. The molecule has 0 saturated heterocycles. The minimum Gasteiger partial charge on any atom is -0.409 e. The van der Waals surface area contributed by atoms with E-state index in [0.29, 0.717) is 10.3 Å². The van der Waals surface area contributed by atoms with Gasteiger partial charge in [0.15, 0.2) is 5.84 Å². The second kappa shape index (κ2) is 6.34. The first kappa shape index (κ1) is 13.6. The van der Waals surface area contributed by atoms with Crippen LogP contribution < -0.4 is 5.73 Å². The van der Waals surface area contributed by atoms with Crippen LogP contribution in [-0.2, 0) is 0 Å². The van der Waals surface area contributed by atoms with Crippen molar-refractivity contribution in [2.45, 2.75) is 42.2 Å². The van der Waals surface area contributed by atoms with E-state index >= 15 is 0 Å². The molecule has 0 amide bonds. The molecule has 0 spiro atoms. The normalized spacial score (nSPS) is 17.9. The lowest BCUT2D eigenvalue weighted by Crippen LogP contribution is -2.15. The predicted octanol–water partition coefficient (Wildman–Crippen LogP) is 3.86. The topological polar surface area (TPSA) is 58.6 Å². The summed E-state index contributed by atoms with van der Waals surface area (Å²) in [5.41, 5.74) is 6.46. The molecule has 0 aromatic heterocycles. The summed E-state index contributed by atoms with van der Waals surface area (Å²) in [4.78, 5) is 1.00. The third-order valence-electron chi connectivity index (χ3n) is 3.17. The lowest BCUT2D eigenvalue weighted by atomic mass is 10.0. The SMILES string of the molecule is NC(=NO)c1ccc(Cl)cc1SC1CCCCC1. The Hall–Kier alpha value is -0.870. The number of thioether (sulfide) groups is 1. The number of hydrogen-bond donors (Lipinski definition) is 2. The highest BCUT2D eigenvalue weighted by molar-refractivity contribution is 8.00. The number of amidine groups is 1. The fourth-order valence-electron chi connectivity index (χ4n) is 2.22. The van der Waals surface area contributed by atoms with Crippen molar-refractivity contribution in [3.8, 4) is 0 Å². The molecule has 5 heteroatoms. The Bertz CT molecular complexity index is 445. The maximum Gasteiger partial charge on any atom is 0.171 e. The highest BCUT2D eigenvalue weighted by Gasteiger charge is 2.17. The molecule has 3 nitrogen and oxygen atoms in total. The highest BCUT2D eigenvalue weighted by atomic mass is 35.5. The number of benzene rings is 1. The maximum atomic E-state index is 8.81. The zero-order valence-corrected chi connectivity index (χ0v) is 11.7. The Morgan fingerprint density at radius 2 is 2.06 bits per heavy atom. The van der Waals surface area contributed by atoms with E-state index in [0.717, 1.165) is 10.5 Å². The van der Waals surface area contributed by atoms with E-state index in [-0.39, 0.29) is 5.84 Å². The van der Waals surface area contributed by atoms with Crippen LogP contribution in [0.2, 0.25) is 5.02 Å². The van der Waals surface area contributed by atoms with Crippen molar-refractivity contribution in [1.29, 1.82) is 0 Å². The molecule has 3 N–H and O–H groups in total. The molecule has 98 valence electrons. The van der Waals surface area contributed by atoms with Gasteiger partial charge in [-0.15, -0.1) is 11.8 Å². The van der Waals surface area contributed by atoms with Gasteiger partial charge in [-0.2, -0.15) is 0 Å². The van der Waals surface area contributed by atoms with Gasteiger partial charge >= 0.3 is 0 Å². The first-order valence-corrected chi connectivity index (χ1v) is 7.40. The van der Waals surface area contributed by atoms with E-state index in [1.54, 1.807) is 17.8 Å². The summed E-state index contributed by atoms with van der Waals surface area (Å²) in [5.74, 6) is 0.143. The molecule has 0 bridgehead atoms. The molecule has 0 aliphatic heterocycles. The number of nitrogens with two attached hydrogens (primary N) is 1. The lowest BCUT2D eigenvalue weighted by molar-refractivity contribution is 0.318. The average Bonchev–Trinajstić information content (AvgIpc) is 2.39. The van der Waals surface area contributed by atoms with Crippen molar-refractivity contribution in [3.63, 3.8) is 0 Å². The van der Waals surface area contributed by atoms with Gasteiger partial charge in [0.2, 0.25) is 0 Å². The summed E-state index contributed by atoms with van der Waals surface area (Å²) >= 11 is 7.82. The Morgan fingerprint density at radius 3 is 2.72 bits per heavy atom. The van der Waals surface area contributed by atoms with Crippen LogP contribution in [0.1, 0.15) is 37.7 Å². The van der Waals surface area contributed by atoms with E-state index in [9.17, 15) is 0 Å². The number of oxime groups is 1. The smallest absolute Gasteiger partial charge is 0.171 e. The Balaban J connectivity index is 2.21. The van der Waals surface area contributed by atoms with Gasteiger partial charge in [-0.05, 0) is 31.0 Å². The molecule has 1 aliphatic rings. The van der Waals surface area contributed by atoms with Crippen molar-refractivity contribution in [1.82, 2.24) is 0 Å². The van der Waals surface area contributed by atoms with Crippen molar-refractivity contribution in [2.24, 2.45) is 10.9 Å². The van der Waals surface area contributed by atoms with Crippen LogP contribution >= 0.6 is 23.4 Å². The van der Waals surface area contributed by atoms with E-state index < -0.39 is 0 Å². The standard InChI is InChI=1S/C13H17ClN2OS/c14-9-6-7-11(13(15)16-17)12(8-9)18-10-4-2-1-3-5-10/h6-8,10,17H,1-5H2,(H2,15,16). The largest absolute Gasteiger partial charge is 0.409 e. The summed E-state index contributed by atoms with van der Waals surface area (Å²) in [7, 11) is 0. The third kappa shape index (κ3) is 3.33. The molecule has 18 heavy (non-hydrogen) atoms. The predicted molar refractivity (Wildman–Crippen MR) is 76.7 cm³/mol. The van der Waals surface area contributed by atoms with Crippen LogP contribution in [0.4, 0.5) is 0 Å². The van der Waals surface area contributed by atoms with Gasteiger partial charge in [-0.1, -0.05) is 36.0 Å². The quantitative estimate of drug-likeness (QED) is 0.383. The van der Waals surface area contributed by atoms with E-state index in [1.807, 2.05) is 12.1 Å². The number of hydrogen-bond acceptors (Lipinski definition) is 3. The zero-order valence-electron chi connectivity index (χ0n) is 10.1. The van der Waals surface area contributed by atoms with Crippen molar-refractivity contribution in [3.05, 3.63) is 28.8 Å². The monoisotopic (exact) mass is 284 g/mol. The van der Waals surface area contributed by atoms with Crippen molar-refractivity contribution < 1.29 is 5.21 Å². The zero-order chi connectivity index (χ0) is 13.0. The van der Waals surface area contributed by atoms with Crippen LogP contribution in [0.3, 0.4) is 0 Å². The molecular formula is C13H17ClN2OS. The van der Waals surface area contributed by atoms with Gasteiger partial charge in [0, 0.05) is 20.7 Å². The Kier molecular flexibility index (Phi) is 4.78. The summed E-state index contributed by atoms with van der Waals surface area (Å²) < 4.78 is 0. The van der Waals surface area contributed by atoms with Crippen molar-refractivity contribution in [2.75, 3.05) is 0 Å². The second-order valence-electron chi connectivity index (χ2n) is 4.50. The van der Waals surface area contributed by atoms with Crippen LogP contribution in [-0.4, -0.2) is 16.3 Å². The Labute approximate surface area is 116 Å². The molecular weight excluding hydrogens is 268 g/mol. The van der Waals surface area contributed by atoms with Gasteiger partial charge in [0.25, 0.3) is 0 Å². The first-order valence-electron chi connectivity index (χ1n) is 6.15. The molecule has 1 saturated carbocycles. The van der Waals surface area contributed by atoms with Gasteiger partial charge in [0.1, 0.15) is 0 Å². The number of halogens is 1. The fourth-order valence-corrected chi connectivity index (χ4v) is 3.88.